The summed E-state index contributed by atoms with van der Waals surface area (Å²) in [5.74, 6) is -0.225. The summed E-state index contributed by atoms with van der Waals surface area (Å²) >= 11 is 0. The first-order valence-corrected chi connectivity index (χ1v) is 10.7. The highest BCUT2D eigenvalue weighted by molar-refractivity contribution is 5.92. The number of aromatic hydroxyl groups is 1. The Hall–Kier alpha value is -3.19. The van der Waals surface area contributed by atoms with Crippen LogP contribution in [0.4, 0.5) is 10.1 Å². The second-order valence-electron chi connectivity index (χ2n) is 7.57. The molecule has 162 valence electrons. The Morgan fingerprint density at radius 3 is 2.52 bits per heavy atom. The number of halogens is 1. The van der Waals surface area contributed by atoms with Gasteiger partial charge >= 0.3 is 0 Å². The van der Waals surface area contributed by atoms with Gasteiger partial charge in [-0.3, -0.25) is 4.68 Å². The van der Waals surface area contributed by atoms with Gasteiger partial charge in [-0.1, -0.05) is 19.9 Å². The molecule has 1 aliphatic heterocycles. The fraction of sp³-hybridized carbons (Fsp3) is 0.333. The maximum absolute atomic E-state index is 15.0. The number of phenols is 1. The van der Waals surface area contributed by atoms with Crippen molar-refractivity contribution in [1.82, 2.24) is 20.1 Å². The van der Waals surface area contributed by atoms with Gasteiger partial charge in [-0.25, -0.2) is 9.37 Å². The number of anilines is 1. The fourth-order valence-corrected chi connectivity index (χ4v) is 4.07. The minimum absolute atomic E-state index is 0.126. The standard InChI is InChI=1S/C22H22FN5O.C2H6/c1-13-20-15(12-27(2)26-20)10-17(22(13)29)19-4-3-14-9-16(11-18(23)21(14)25-19)28-7-5-24-6-8-28;1-2/h3-4,9-12,24,29H,5-8H2,1-2H3;1-2H3. The third-order valence-corrected chi connectivity index (χ3v) is 5.61. The zero-order valence-electron chi connectivity index (χ0n) is 18.4. The fourth-order valence-electron chi connectivity index (χ4n) is 4.07. The molecular weight excluding hydrogens is 393 g/mol. The van der Waals surface area contributed by atoms with E-state index in [1.54, 1.807) is 10.7 Å². The maximum Gasteiger partial charge on any atom is 0.151 e. The third-order valence-electron chi connectivity index (χ3n) is 5.61. The molecule has 2 N–H and O–H groups in total. The molecule has 5 rings (SSSR count). The van der Waals surface area contributed by atoms with Gasteiger partial charge in [0.2, 0.25) is 0 Å². The summed E-state index contributed by atoms with van der Waals surface area (Å²) < 4.78 is 16.7. The average molecular weight is 422 g/mol. The Bertz CT molecular complexity index is 1240. The molecule has 1 fully saturated rings. The molecule has 31 heavy (non-hydrogen) atoms. The minimum Gasteiger partial charge on any atom is -0.507 e. The van der Waals surface area contributed by atoms with Crippen LogP contribution in [0.15, 0.2) is 36.5 Å². The van der Waals surface area contributed by atoms with Gasteiger partial charge in [0.05, 0.1) is 11.2 Å². The van der Waals surface area contributed by atoms with Gasteiger partial charge in [-0.2, -0.15) is 5.10 Å². The van der Waals surface area contributed by atoms with Crippen LogP contribution in [0.25, 0.3) is 33.1 Å². The van der Waals surface area contributed by atoms with Crippen LogP contribution in [-0.2, 0) is 7.05 Å². The lowest BCUT2D eigenvalue weighted by molar-refractivity contribution is 0.474. The summed E-state index contributed by atoms with van der Waals surface area (Å²) in [5, 5.41) is 20.1. The van der Waals surface area contributed by atoms with Gasteiger partial charge in [-0.15, -0.1) is 0 Å². The van der Waals surface area contributed by atoms with Gasteiger partial charge < -0.3 is 15.3 Å². The van der Waals surface area contributed by atoms with Crippen LogP contribution in [0.2, 0.25) is 0 Å². The lowest BCUT2D eigenvalue weighted by atomic mass is 10.0. The number of nitrogens with one attached hydrogen (secondary N) is 1. The van der Waals surface area contributed by atoms with E-state index in [9.17, 15) is 9.50 Å². The molecule has 4 aromatic rings. The first kappa shape index (κ1) is 21.1. The molecule has 1 saturated heterocycles. The second kappa shape index (κ2) is 8.51. The van der Waals surface area contributed by atoms with Crippen molar-refractivity contribution in [3.05, 3.63) is 47.9 Å². The quantitative estimate of drug-likeness (QED) is 0.503. The van der Waals surface area contributed by atoms with Gasteiger partial charge in [0.1, 0.15) is 11.3 Å². The van der Waals surface area contributed by atoms with Crippen LogP contribution >= 0.6 is 0 Å². The van der Waals surface area contributed by atoms with Crippen molar-refractivity contribution in [3.63, 3.8) is 0 Å². The van der Waals surface area contributed by atoms with Crippen LogP contribution in [0.3, 0.4) is 0 Å². The van der Waals surface area contributed by atoms with Gasteiger partial charge in [0.15, 0.2) is 5.82 Å². The highest BCUT2D eigenvalue weighted by Crippen LogP contribution is 2.37. The molecule has 7 heteroatoms. The van der Waals surface area contributed by atoms with Crippen molar-refractivity contribution in [1.29, 1.82) is 0 Å². The lowest BCUT2D eigenvalue weighted by Crippen LogP contribution is -2.43. The molecule has 0 atom stereocenters. The van der Waals surface area contributed by atoms with Crippen LogP contribution in [0.1, 0.15) is 19.4 Å². The summed E-state index contributed by atoms with van der Waals surface area (Å²) in [7, 11) is 1.84. The van der Waals surface area contributed by atoms with E-state index in [4.69, 9.17) is 0 Å². The molecule has 2 aromatic heterocycles. The zero-order valence-corrected chi connectivity index (χ0v) is 18.4. The van der Waals surface area contributed by atoms with E-state index in [0.29, 0.717) is 22.3 Å². The molecule has 3 heterocycles. The van der Waals surface area contributed by atoms with E-state index in [0.717, 1.165) is 48.2 Å². The van der Waals surface area contributed by atoms with Gasteiger partial charge in [0.25, 0.3) is 0 Å². The first-order valence-electron chi connectivity index (χ1n) is 10.7. The summed E-state index contributed by atoms with van der Waals surface area (Å²) in [4.78, 5) is 6.73. The summed E-state index contributed by atoms with van der Waals surface area (Å²) in [6.45, 7) is 9.33. The first-order chi connectivity index (χ1) is 15.0. The molecule has 0 saturated carbocycles. The molecule has 0 spiro atoms. The van der Waals surface area contributed by atoms with E-state index in [1.165, 1.54) is 0 Å². The van der Waals surface area contributed by atoms with E-state index in [1.807, 2.05) is 58.3 Å². The maximum atomic E-state index is 15.0. The van der Waals surface area contributed by atoms with Crippen molar-refractivity contribution in [2.45, 2.75) is 20.8 Å². The monoisotopic (exact) mass is 421 g/mol. The highest BCUT2D eigenvalue weighted by atomic mass is 19.1. The number of aryl methyl sites for hydroxylation is 2. The number of hydrogen-bond donors (Lipinski definition) is 2. The second-order valence-corrected chi connectivity index (χ2v) is 7.57. The number of rotatable bonds is 2. The van der Waals surface area contributed by atoms with Crippen molar-refractivity contribution in [3.8, 4) is 17.0 Å². The Morgan fingerprint density at radius 2 is 1.77 bits per heavy atom. The largest absolute Gasteiger partial charge is 0.507 e. The topological polar surface area (TPSA) is 66.2 Å². The number of phenolic OH excluding ortho intramolecular Hbond substituents is 1. The Kier molecular flexibility index (Phi) is 5.78. The minimum atomic E-state index is -0.350. The van der Waals surface area contributed by atoms with Gasteiger partial charge in [-0.05, 0) is 31.2 Å². The van der Waals surface area contributed by atoms with Crippen molar-refractivity contribution in [2.75, 3.05) is 31.1 Å². The zero-order chi connectivity index (χ0) is 22.1. The molecule has 0 bridgehead atoms. The predicted molar refractivity (Wildman–Crippen MR) is 124 cm³/mol. The Labute approximate surface area is 181 Å². The number of piperazine rings is 1. The molecule has 0 radical (unpaired) electrons. The smallest absolute Gasteiger partial charge is 0.151 e. The molecule has 1 aliphatic rings. The summed E-state index contributed by atoms with van der Waals surface area (Å²) in [6, 6.07) is 9.09. The van der Waals surface area contributed by atoms with Crippen LogP contribution in [0, 0.1) is 12.7 Å². The number of benzene rings is 2. The van der Waals surface area contributed by atoms with Crippen LogP contribution < -0.4 is 10.2 Å². The van der Waals surface area contributed by atoms with Crippen molar-refractivity contribution >= 4 is 27.5 Å². The Balaban J connectivity index is 0.00000112. The van der Waals surface area contributed by atoms with Crippen molar-refractivity contribution < 1.29 is 9.50 Å². The normalized spacial score (nSPS) is 14.0. The molecule has 0 unspecified atom stereocenters. The van der Waals surface area contributed by atoms with E-state index in [-0.39, 0.29) is 11.6 Å². The number of hydrogen-bond acceptors (Lipinski definition) is 5. The highest BCUT2D eigenvalue weighted by Gasteiger charge is 2.17. The van der Waals surface area contributed by atoms with Gasteiger partial charge in [0, 0.05) is 67.0 Å². The molecule has 0 amide bonds. The van der Waals surface area contributed by atoms with E-state index < -0.39 is 0 Å². The molecule has 2 aromatic carbocycles. The van der Waals surface area contributed by atoms with Crippen LogP contribution in [0.5, 0.6) is 5.75 Å². The number of nitrogens with zero attached hydrogens (tertiary/aromatic N) is 4. The predicted octanol–water partition coefficient (Wildman–Crippen LogP) is 4.38. The molecule has 6 nitrogen and oxygen atoms in total. The summed E-state index contributed by atoms with van der Waals surface area (Å²) in [6.07, 6.45) is 1.90. The van der Waals surface area contributed by atoms with E-state index in [2.05, 4.69) is 20.3 Å². The van der Waals surface area contributed by atoms with Crippen molar-refractivity contribution in [2.24, 2.45) is 7.05 Å². The molecule has 0 aliphatic carbocycles. The number of aromatic nitrogens is 3. The average Bonchev–Trinajstić information content (AvgIpc) is 3.18. The van der Waals surface area contributed by atoms with E-state index >= 15 is 0 Å². The molecular formula is C24H28FN5O. The van der Waals surface area contributed by atoms with Crippen LogP contribution in [-0.4, -0.2) is 46.1 Å². The number of fused-ring (bicyclic) bond motifs is 2. The Morgan fingerprint density at radius 1 is 1.03 bits per heavy atom. The third kappa shape index (κ3) is 3.81. The summed E-state index contributed by atoms with van der Waals surface area (Å²) in [5.41, 5.74) is 3.75. The number of pyridine rings is 1. The SMILES string of the molecule is CC.Cc1c(O)c(-c2ccc3cc(N4CCNCC4)cc(F)c3n2)cc2cn(C)nc12. The lowest BCUT2D eigenvalue weighted by Gasteiger charge is -2.29.